The van der Waals surface area contributed by atoms with E-state index in [9.17, 15) is 15.0 Å². The summed E-state index contributed by atoms with van der Waals surface area (Å²) in [6.07, 6.45) is 13.7. The van der Waals surface area contributed by atoms with Crippen molar-refractivity contribution in [3.8, 4) is 0 Å². The molecule has 0 saturated heterocycles. The first-order valence-corrected chi connectivity index (χ1v) is 12.2. The molecule has 0 radical (unpaired) electrons. The maximum Gasteiger partial charge on any atom is 0.366 e. The number of hydrogen-bond acceptors (Lipinski definition) is 4. The van der Waals surface area contributed by atoms with Gasteiger partial charge in [0.15, 0.2) is 0 Å². The van der Waals surface area contributed by atoms with Crippen LogP contribution in [-0.4, -0.2) is 29.1 Å². The third-order valence-corrected chi connectivity index (χ3v) is 10.5. The molecule has 8 atom stereocenters. The van der Waals surface area contributed by atoms with Crippen LogP contribution < -0.4 is 0 Å². The molecule has 0 bridgehead atoms. The van der Waals surface area contributed by atoms with Crippen molar-refractivity contribution in [3.05, 3.63) is 0 Å². The van der Waals surface area contributed by atoms with Crippen LogP contribution in [0.3, 0.4) is 0 Å². The molecular formula is C25H42O4. The first-order chi connectivity index (χ1) is 13.6. The summed E-state index contributed by atoms with van der Waals surface area (Å²) in [4.78, 5) is 11.8. The van der Waals surface area contributed by atoms with Gasteiger partial charge >= 0.3 is 5.97 Å². The zero-order valence-corrected chi connectivity index (χ0v) is 19.0. The highest BCUT2D eigenvalue weighted by Gasteiger charge is 2.60. The molecule has 4 aliphatic rings. The Balaban J connectivity index is 1.51. The molecular weight excluding hydrogens is 364 g/mol. The minimum absolute atomic E-state index is 0.0700. The number of esters is 1. The van der Waals surface area contributed by atoms with Gasteiger partial charge in [-0.25, -0.2) is 4.79 Å². The van der Waals surface area contributed by atoms with Gasteiger partial charge in [-0.15, -0.1) is 0 Å². The monoisotopic (exact) mass is 406 g/mol. The van der Waals surface area contributed by atoms with E-state index < -0.39 is 11.8 Å². The zero-order chi connectivity index (χ0) is 21.0. The second-order valence-electron chi connectivity index (χ2n) is 11.6. The Morgan fingerprint density at radius 2 is 1.72 bits per heavy atom. The predicted octanol–water partition coefficient (Wildman–Crippen LogP) is 4.92. The molecule has 0 aromatic rings. The van der Waals surface area contributed by atoms with E-state index in [1.807, 2.05) is 0 Å². The number of aliphatic hydroxyl groups is 2. The fourth-order valence-electron chi connectivity index (χ4n) is 9.11. The molecule has 0 aromatic heterocycles. The molecule has 2 N–H and O–H groups in total. The van der Waals surface area contributed by atoms with Crippen LogP contribution in [0.4, 0.5) is 0 Å². The molecule has 0 spiro atoms. The average Bonchev–Trinajstić information content (AvgIpc) is 3.03. The molecule has 0 aliphatic heterocycles. The zero-order valence-electron chi connectivity index (χ0n) is 19.0. The van der Waals surface area contributed by atoms with Gasteiger partial charge in [0, 0.05) is 6.42 Å². The SMILES string of the molecule is COC(=O)C(O)(O)C[C@@H](C)[C@H]1CC[C@H]2[C@@H]3CCC4CCCC[C@]4(C)[C@H]3CC[C@]12C. The number of hydrogen-bond donors (Lipinski definition) is 2. The lowest BCUT2D eigenvalue weighted by atomic mass is 9.44. The molecule has 4 nitrogen and oxygen atoms in total. The average molecular weight is 407 g/mol. The summed E-state index contributed by atoms with van der Waals surface area (Å²) in [6, 6.07) is 0. The summed E-state index contributed by atoms with van der Waals surface area (Å²) in [7, 11) is 1.21. The topological polar surface area (TPSA) is 66.8 Å². The summed E-state index contributed by atoms with van der Waals surface area (Å²) < 4.78 is 4.60. The summed E-state index contributed by atoms with van der Waals surface area (Å²) in [6.45, 7) is 7.20. The second-order valence-corrected chi connectivity index (χ2v) is 11.6. The van der Waals surface area contributed by atoms with Crippen LogP contribution in [0.2, 0.25) is 0 Å². The lowest BCUT2D eigenvalue weighted by Crippen LogP contribution is -2.53. The lowest BCUT2D eigenvalue weighted by molar-refractivity contribution is -0.214. The first kappa shape index (κ1) is 21.6. The van der Waals surface area contributed by atoms with Gasteiger partial charge in [-0.3, -0.25) is 0 Å². The van der Waals surface area contributed by atoms with Gasteiger partial charge in [0.05, 0.1) is 7.11 Å². The van der Waals surface area contributed by atoms with Crippen molar-refractivity contribution in [2.75, 3.05) is 7.11 Å². The Labute approximate surface area is 176 Å². The van der Waals surface area contributed by atoms with Gasteiger partial charge in [-0.05, 0) is 97.7 Å². The van der Waals surface area contributed by atoms with E-state index >= 15 is 0 Å². The van der Waals surface area contributed by atoms with Crippen molar-refractivity contribution >= 4 is 5.97 Å². The summed E-state index contributed by atoms with van der Waals surface area (Å²) in [5, 5.41) is 20.5. The maximum absolute atomic E-state index is 11.8. The highest BCUT2D eigenvalue weighted by Crippen LogP contribution is 2.68. The Bertz CT molecular complexity index is 630. The van der Waals surface area contributed by atoms with Gasteiger partial charge in [0.1, 0.15) is 0 Å². The Kier molecular flexibility index (Phi) is 5.60. The molecule has 0 amide bonds. The van der Waals surface area contributed by atoms with Crippen molar-refractivity contribution in [2.24, 2.45) is 46.3 Å². The van der Waals surface area contributed by atoms with Gasteiger partial charge in [-0.1, -0.05) is 33.6 Å². The molecule has 0 aromatic carbocycles. The molecule has 4 rings (SSSR count). The third kappa shape index (κ3) is 3.37. The van der Waals surface area contributed by atoms with E-state index in [-0.39, 0.29) is 17.8 Å². The fraction of sp³-hybridized carbons (Fsp3) is 0.960. The van der Waals surface area contributed by atoms with Crippen LogP contribution >= 0.6 is 0 Å². The minimum Gasteiger partial charge on any atom is -0.465 e. The van der Waals surface area contributed by atoms with Crippen LogP contribution in [0.5, 0.6) is 0 Å². The van der Waals surface area contributed by atoms with Crippen LogP contribution in [0.15, 0.2) is 0 Å². The maximum atomic E-state index is 11.8. The predicted molar refractivity (Wildman–Crippen MR) is 113 cm³/mol. The van der Waals surface area contributed by atoms with Crippen LogP contribution in [0.25, 0.3) is 0 Å². The van der Waals surface area contributed by atoms with Crippen molar-refractivity contribution in [1.82, 2.24) is 0 Å². The van der Waals surface area contributed by atoms with Gasteiger partial charge < -0.3 is 14.9 Å². The summed E-state index contributed by atoms with van der Waals surface area (Å²) in [5.41, 5.74) is 0.826. The molecule has 166 valence electrons. The number of methoxy groups -OCH3 is 1. The molecule has 0 heterocycles. The number of rotatable bonds is 4. The fourth-order valence-corrected chi connectivity index (χ4v) is 9.11. The van der Waals surface area contributed by atoms with E-state index in [0.717, 1.165) is 30.1 Å². The largest absolute Gasteiger partial charge is 0.465 e. The van der Waals surface area contributed by atoms with Gasteiger partial charge in [0.25, 0.3) is 5.79 Å². The van der Waals surface area contributed by atoms with Crippen molar-refractivity contribution in [3.63, 3.8) is 0 Å². The number of ether oxygens (including phenoxy) is 1. The summed E-state index contributed by atoms with van der Waals surface area (Å²) >= 11 is 0. The highest BCUT2D eigenvalue weighted by atomic mass is 16.6. The standard InChI is InChI=1S/C25H42O4/c1-16(15-25(27,28)22(26)29-4)19-10-11-20-18-9-8-17-7-5-6-13-23(17,2)21(18)12-14-24(19,20)3/h16-21,27-28H,5-15H2,1-4H3/t16-,17?,18+,19-,20+,21+,23+,24-/m1/s1. The van der Waals surface area contributed by atoms with Gasteiger partial charge in [0.2, 0.25) is 0 Å². The molecule has 4 heteroatoms. The van der Waals surface area contributed by atoms with Crippen molar-refractivity contribution < 1.29 is 19.7 Å². The van der Waals surface area contributed by atoms with Crippen LogP contribution in [-0.2, 0) is 9.53 Å². The van der Waals surface area contributed by atoms with E-state index in [1.54, 1.807) is 0 Å². The van der Waals surface area contributed by atoms with Crippen LogP contribution in [0, 0.1) is 46.3 Å². The smallest absolute Gasteiger partial charge is 0.366 e. The normalized spacial score (nSPS) is 45.7. The highest BCUT2D eigenvalue weighted by molar-refractivity contribution is 5.76. The molecule has 29 heavy (non-hydrogen) atoms. The second kappa shape index (κ2) is 7.51. The van der Waals surface area contributed by atoms with Crippen molar-refractivity contribution in [2.45, 2.75) is 97.2 Å². The minimum atomic E-state index is -2.37. The summed E-state index contributed by atoms with van der Waals surface area (Å²) in [5.74, 6) is 0.688. The number of carbonyl (C=O) groups excluding carboxylic acids is 1. The lowest BCUT2D eigenvalue weighted by Gasteiger charge is -2.61. The van der Waals surface area contributed by atoms with Crippen LogP contribution in [0.1, 0.15) is 91.4 Å². The van der Waals surface area contributed by atoms with E-state index in [1.165, 1.54) is 64.9 Å². The molecule has 4 fully saturated rings. The van der Waals surface area contributed by atoms with Crippen molar-refractivity contribution in [1.29, 1.82) is 0 Å². The van der Waals surface area contributed by atoms with E-state index in [2.05, 4.69) is 25.5 Å². The quantitative estimate of drug-likeness (QED) is 0.514. The van der Waals surface area contributed by atoms with E-state index in [0.29, 0.717) is 11.3 Å². The number of carbonyl (C=O) groups is 1. The number of fused-ring (bicyclic) bond motifs is 5. The Morgan fingerprint density at radius 1 is 1.00 bits per heavy atom. The Hall–Kier alpha value is -0.610. The first-order valence-electron chi connectivity index (χ1n) is 12.2. The van der Waals surface area contributed by atoms with E-state index in [4.69, 9.17) is 0 Å². The van der Waals surface area contributed by atoms with Gasteiger partial charge in [-0.2, -0.15) is 0 Å². The third-order valence-electron chi connectivity index (χ3n) is 10.5. The molecule has 1 unspecified atom stereocenters. The Morgan fingerprint density at radius 3 is 2.45 bits per heavy atom. The molecule has 4 aliphatic carbocycles. The molecule has 4 saturated carbocycles.